The third-order valence-electron chi connectivity index (χ3n) is 1.71. The quantitative estimate of drug-likeness (QED) is 0.439. The third-order valence-corrected chi connectivity index (χ3v) is 1.71. The normalized spacial score (nSPS) is 38.2. The van der Waals surface area contributed by atoms with Crippen LogP contribution >= 0.6 is 0 Å². The summed E-state index contributed by atoms with van der Waals surface area (Å²) in [6, 6.07) is 0. The molecular formula is C6H10NO. The Balaban J connectivity index is 1.89. The van der Waals surface area contributed by atoms with Crippen LogP contribution < -0.4 is 0 Å². The van der Waals surface area contributed by atoms with Gasteiger partial charge in [-0.1, -0.05) is 6.42 Å². The van der Waals surface area contributed by atoms with Crippen LogP contribution in [0.25, 0.3) is 0 Å². The number of nitrogens with zero attached hydrogens (tertiary/aromatic N) is 1. The highest BCUT2D eigenvalue weighted by Crippen LogP contribution is 2.36. The van der Waals surface area contributed by atoms with Crippen molar-refractivity contribution in [3.05, 3.63) is 6.23 Å². The van der Waals surface area contributed by atoms with E-state index in [-0.39, 0.29) is 0 Å². The molecule has 1 atom stereocenters. The fourth-order valence-corrected chi connectivity index (χ4v) is 1.16. The number of hydrogen-bond donors (Lipinski definition) is 0. The maximum absolute atomic E-state index is 5.11. The molecule has 2 saturated heterocycles. The first kappa shape index (κ1) is 4.77. The van der Waals surface area contributed by atoms with Gasteiger partial charge < -0.3 is 0 Å². The summed E-state index contributed by atoms with van der Waals surface area (Å²) in [6.07, 6.45) is 6.42. The smallest absolute Gasteiger partial charge is 0.211 e. The average molecular weight is 112 g/mol. The Morgan fingerprint density at radius 2 is 2.25 bits per heavy atom. The lowest BCUT2D eigenvalue weighted by molar-refractivity contribution is 0.195. The van der Waals surface area contributed by atoms with Gasteiger partial charge in [0, 0.05) is 6.54 Å². The molecule has 2 heteroatoms. The van der Waals surface area contributed by atoms with Gasteiger partial charge in [-0.25, -0.2) is 0 Å². The molecule has 2 aliphatic heterocycles. The van der Waals surface area contributed by atoms with Crippen LogP contribution in [0.1, 0.15) is 25.7 Å². The van der Waals surface area contributed by atoms with Crippen LogP contribution in [0.15, 0.2) is 0 Å². The molecule has 0 aromatic heterocycles. The second-order valence-electron chi connectivity index (χ2n) is 2.40. The summed E-state index contributed by atoms with van der Waals surface area (Å²) in [6.45, 7) is 1.13. The van der Waals surface area contributed by atoms with E-state index < -0.39 is 0 Å². The Bertz CT molecular complexity index is 84.5. The van der Waals surface area contributed by atoms with Crippen molar-refractivity contribution < 1.29 is 4.84 Å². The first-order valence-corrected chi connectivity index (χ1v) is 3.28. The van der Waals surface area contributed by atoms with Crippen LogP contribution in [-0.4, -0.2) is 11.6 Å². The minimum absolute atomic E-state index is 1.13. The lowest BCUT2D eigenvalue weighted by Crippen LogP contribution is -1.95. The Kier molecular flexibility index (Phi) is 1.02. The van der Waals surface area contributed by atoms with Crippen LogP contribution in [0.2, 0.25) is 0 Å². The molecule has 1 unspecified atom stereocenters. The van der Waals surface area contributed by atoms with Crippen molar-refractivity contribution in [3.63, 3.8) is 0 Å². The predicted molar refractivity (Wildman–Crippen MR) is 29.5 cm³/mol. The Morgan fingerprint density at radius 3 is 3.25 bits per heavy atom. The van der Waals surface area contributed by atoms with Gasteiger partial charge in [0.2, 0.25) is 6.23 Å². The van der Waals surface area contributed by atoms with E-state index in [0.29, 0.717) is 0 Å². The minimum Gasteiger partial charge on any atom is -0.267 e. The Hall–Kier alpha value is -0.0800. The van der Waals surface area contributed by atoms with E-state index in [2.05, 4.69) is 0 Å². The van der Waals surface area contributed by atoms with Crippen LogP contribution in [0.4, 0.5) is 0 Å². The van der Waals surface area contributed by atoms with E-state index in [1.54, 1.807) is 0 Å². The fraction of sp³-hybridized carbons (Fsp3) is 0.833. The zero-order valence-corrected chi connectivity index (χ0v) is 4.89. The summed E-state index contributed by atoms with van der Waals surface area (Å²) in [4.78, 5) is 5.11. The molecule has 2 heterocycles. The summed E-state index contributed by atoms with van der Waals surface area (Å²) in [5.41, 5.74) is 0. The second kappa shape index (κ2) is 1.71. The van der Waals surface area contributed by atoms with Crippen molar-refractivity contribution in [2.75, 3.05) is 6.54 Å². The highest BCUT2D eigenvalue weighted by atomic mass is 16.8. The number of hydrogen-bond acceptors (Lipinski definition) is 2. The molecule has 0 bridgehead atoms. The van der Waals surface area contributed by atoms with Crippen molar-refractivity contribution in [2.24, 2.45) is 0 Å². The van der Waals surface area contributed by atoms with E-state index in [4.69, 9.17) is 4.84 Å². The minimum atomic E-state index is 1.13. The molecule has 0 aliphatic carbocycles. The zero-order valence-electron chi connectivity index (χ0n) is 4.89. The van der Waals surface area contributed by atoms with E-state index >= 15 is 0 Å². The topological polar surface area (TPSA) is 15.5 Å². The van der Waals surface area contributed by atoms with Crippen molar-refractivity contribution in [1.29, 1.82) is 0 Å². The van der Waals surface area contributed by atoms with Crippen molar-refractivity contribution in [2.45, 2.75) is 25.7 Å². The first-order valence-electron chi connectivity index (χ1n) is 3.28. The maximum Gasteiger partial charge on any atom is 0.211 e. The largest absolute Gasteiger partial charge is 0.267 e. The van der Waals surface area contributed by atoms with E-state index in [1.807, 2.05) is 5.06 Å². The number of fused-ring (bicyclic) bond motifs is 1. The summed E-state index contributed by atoms with van der Waals surface area (Å²) in [7, 11) is 0. The van der Waals surface area contributed by atoms with Gasteiger partial charge in [-0.3, -0.25) is 4.84 Å². The summed E-state index contributed by atoms with van der Waals surface area (Å²) < 4.78 is 0. The molecule has 2 fully saturated rings. The molecule has 0 amide bonds. The molecule has 2 nitrogen and oxygen atoms in total. The number of hydroxylamine groups is 2. The van der Waals surface area contributed by atoms with Gasteiger partial charge in [-0.2, -0.15) is 0 Å². The molecule has 45 valence electrons. The SMILES string of the molecule is C1CC[C]2ON2CC1. The lowest BCUT2D eigenvalue weighted by atomic mass is 10.2. The predicted octanol–water partition coefficient (Wildman–Crippen LogP) is 1.30. The Morgan fingerprint density at radius 1 is 1.25 bits per heavy atom. The van der Waals surface area contributed by atoms with Crippen molar-refractivity contribution in [1.82, 2.24) is 5.06 Å². The molecular weight excluding hydrogens is 102 g/mol. The molecule has 0 aromatic carbocycles. The van der Waals surface area contributed by atoms with E-state index in [9.17, 15) is 0 Å². The molecule has 8 heavy (non-hydrogen) atoms. The van der Waals surface area contributed by atoms with Crippen LogP contribution in [0.5, 0.6) is 0 Å². The van der Waals surface area contributed by atoms with Gasteiger partial charge in [-0.05, 0) is 19.3 Å². The molecule has 2 aliphatic rings. The van der Waals surface area contributed by atoms with Gasteiger partial charge in [-0.15, -0.1) is 5.06 Å². The molecule has 1 radical (unpaired) electrons. The standard InChI is InChI=1S/C6H10NO/c1-2-4-6-7(8-6)5-3-1/h1-5H2. The zero-order chi connectivity index (χ0) is 5.40. The third kappa shape index (κ3) is 0.740. The van der Waals surface area contributed by atoms with Gasteiger partial charge in [0.1, 0.15) is 0 Å². The van der Waals surface area contributed by atoms with Gasteiger partial charge in [0.25, 0.3) is 0 Å². The van der Waals surface area contributed by atoms with Crippen LogP contribution in [0.3, 0.4) is 0 Å². The molecule has 0 spiro atoms. The first-order chi connectivity index (χ1) is 3.97. The molecule has 0 saturated carbocycles. The molecule has 2 rings (SSSR count). The van der Waals surface area contributed by atoms with Crippen LogP contribution in [0, 0.1) is 6.23 Å². The average Bonchev–Trinajstić information content (AvgIpc) is 2.36. The summed E-state index contributed by atoms with van der Waals surface area (Å²) in [5.74, 6) is 0. The van der Waals surface area contributed by atoms with Gasteiger partial charge >= 0.3 is 0 Å². The van der Waals surface area contributed by atoms with E-state index in [0.717, 1.165) is 6.54 Å². The molecule has 0 aromatic rings. The van der Waals surface area contributed by atoms with Crippen molar-refractivity contribution in [3.8, 4) is 0 Å². The van der Waals surface area contributed by atoms with Crippen LogP contribution in [-0.2, 0) is 4.84 Å². The van der Waals surface area contributed by atoms with Gasteiger partial charge in [0.15, 0.2) is 0 Å². The monoisotopic (exact) mass is 112 g/mol. The highest BCUT2D eigenvalue weighted by molar-refractivity contribution is 4.87. The summed E-state index contributed by atoms with van der Waals surface area (Å²) in [5, 5.41) is 2.01. The highest BCUT2D eigenvalue weighted by Gasteiger charge is 2.38. The second-order valence-corrected chi connectivity index (χ2v) is 2.40. The fourth-order valence-electron chi connectivity index (χ4n) is 1.16. The van der Waals surface area contributed by atoms with Gasteiger partial charge in [0.05, 0.1) is 0 Å². The lowest BCUT2D eigenvalue weighted by Gasteiger charge is -1.90. The number of rotatable bonds is 0. The Labute approximate surface area is 49.4 Å². The van der Waals surface area contributed by atoms with Crippen molar-refractivity contribution >= 4 is 0 Å². The summed E-state index contributed by atoms with van der Waals surface area (Å²) >= 11 is 0. The van der Waals surface area contributed by atoms with E-state index in [1.165, 1.54) is 31.9 Å². The maximum atomic E-state index is 5.11. The molecule has 0 N–H and O–H groups in total.